The van der Waals surface area contributed by atoms with Gasteiger partial charge in [0.25, 0.3) is 10.0 Å². The first-order chi connectivity index (χ1) is 10.3. The lowest BCUT2D eigenvalue weighted by Gasteiger charge is -2.14. The summed E-state index contributed by atoms with van der Waals surface area (Å²) in [6.45, 7) is 3.98. The molecule has 0 saturated heterocycles. The summed E-state index contributed by atoms with van der Waals surface area (Å²) in [7, 11) is -3.79. The van der Waals surface area contributed by atoms with E-state index in [0.29, 0.717) is 27.5 Å². The Morgan fingerprint density at radius 1 is 1.23 bits per heavy atom. The molecule has 0 spiro atoms. The first-order valence-corrected chi connectivity index (χ1v) is 9.20. The number of sulfonamides is 1. The number of hydrogen-bond acceptors (Lipinski definition) is 3. The van der Waals surface area contributed by atoms with Crippen LogP contribution < -0.4 is 9.46 Å². The van der Waals surface area contributed by atoms with Gasteiger partial charge >= 0.3 is 0 Å². The SMILES string of the molecule is CCOc1ccc(Br)cc1S(=O)(=O)Nc1cc(Cl)ccc1C. The topological polar surface area (TPSA) is 55.4 Å². The van der Waals surface area contributed by atoms with Gasteiger partial charge in [0.1, 0.15) is 10.6 Å². The summed E-state index contributed by atoms with van der Waals surface area (Å²) in [5.74, 6) is 0.304. The molecule has 4 nitrogen and oxygen atoms in total. The lowest BCUT2D eigenvalue weighted by atomic mass is 10.2. The van der Waals surface area contributed by atoms with Crippen LogP contribution in [0.15, 0.2) is 45.8 Å². The lowest BCUT2D eigenvalue weighted by molar-refractivity contribution is 0.331. The highest BCUT2D eigenvalue weighted by Crippen LogP contribution is 2.30. The van der Waals surface area contributed by atoms with Crippen molar-refractivity contribution in [3.8, 4) is 5.75 Å². The maximum Gasteiger partial charge on any atom is 0.265 e. The van der Waals surface area contributed by atoms with Gasteiger partial charge in [0.05, 0.1) is 12.3 Å². The molecule has 0 aliphatic carbocycles. The summed E-state index contributed by atoms with van der Waals surface area (Å²) >= 11 is 9.21. The van der Waals surface area contributed by atoms with Gasteiger partial charge in [0, 0.05) is 9.50 Å². The summed E-state index contributed by atoms with van der Waals surface area (Å²) in [5, 5.41) is 0.461. The van der Waals surface area contributed by atoms with Crippen molar-refractivity contribution in [1.82, 2.24) is 0 Å². The maximum absolute atomic E-state index is 12.7. The standard InChI is InChI=1S/C15H15BrClNO3S/c1-3-21-14-7-5-11(16)8-15(14)22(19,20)18-13-9-12(17)6-4-10(13)2/h4-9,18H,3H2,1-2H3. The molecular formula is C15H15BrClNO3S. The molecule has 22 heavy (non-hydrogen) atoms. The third-order valence-electron chi connectivity index (χ3n) is 2.94. The fourth-order valence-corrected chi connectivity index (χ4v) is 3.85. The quantitative estimate of drug-likeness (QED) is 0.791. The van der Waals surface area contributed by atoms with E-state index in [0.717, 1.165) is 5.56 Å². The molecule has 118 valence electrons. The number of nitrogens with one attached hydrogen (secondary N) is 1. The van der Waals surface area contributed by atoms with Crippen molar-refractivity contribution in [2.24, 2.45) is 0 Å². The van der Waals surface area contributed by atoms with E-state index < -0.39 is 10.0 Å². The molecule has 0 aliphatic rings. The van der Waals surface area contributed by atoms with Gasteiger partial charge in [-0.05, 0) is 49.7 Å². The molecular weight excluding hydrogens is 390 g/mol. The summed E-state index contributed by atoms with van der Waals surface area (Å²) in [6.07, 6.45) is 0. The molecule has 0 amide bonds. The Labute approximate surface area is 143 Å². The van der Waals surface area contributed by atoms with Crippen molar-refractivity contribution in [3.05, 3.63) is 51.5 Å². The van der Waals surface area contributed by atoms with Crippen molar-refractivity contribution in [3.63, 3.8) is 0 Å². The molecule has 2 rings (SSSR count). The number of aryl methyl sites for hydroxylation is 1. The second-order valence-electron chi connectivity index (χ2n) is 4.59. The smallest absolute Gasteiger partial charge is 0.265 e. The minimum Gasteiger partial charge on any atom is -0.492 e. The third kappa shape index (κ3) is 3.94. The van der Waals surface area contributed by atoms with Crippen LogP contribution >= 0.6 is 27.5 Å². The van der Waals surface area contributed by atoms with Gasteiger partial charge in [-0.2, -0.15) is 0 Å². The first-order valence-electron chi connectivity index (χ1n) is 6.55. The lowest BCUT2D eigenvalue weighted by Crippen LogP contribution is -2.15. The van der Waals surface area contributed by atoms with Crippen LogP contribution in [0.4, 0.5) is 5.69 Å². The zero-order chi connectivity index (χ0) is 16.3. The normalized spacial score (nSPS) is 11.3. The molecule has 0 radical (unpaired) electrons. The number of halogens is 2. The summed E-state index contributed by atoms with van der Waals surface area (Å²) in [4.78, 5) is 0.0723. The highest BCUT2D eigenvalue weighted by molar-refractivity contribution is 9.10. The number of rotatable bonds is 5. The van der Waals surface area contributed by atoms with Crippen LogP contribution in [-0.2, 0) is 10.0 Å². The van der Waals surface area contributed by atoms with E-state index in [4.69, 9.17) is 16.3 Å². The zero-order valence-corrected chi connectivity index (χ0v) is 15.2. The molecule has 0 aliphatic heterocycles. The van der Waals surface area contributed by atoms with Crippen molar-refractivity contribution in [2.75, 3.05) is 11.3 Å². The number of benzene rings is 2. The summed E-state index contributed by atoms with van der Waals surface area (Å²) in [5.41, 5.74) is 1.22. The Kier molecular flexibility index (Phi) is 5.36. The molecule has 2 aromatic carbocycles. The summed E-state index contributed by atoms with van der Waals surface area (Å²) in [6, 6.07) is 9.89. The van der Waals surface area contributed by atoms with Gasteiger partial charge in [-0.3, -0.25) is 4.72 Å². The molecule has 7 heteroatoms. The first kappa shape index (κ1) is 17.1. The van der Waals surface area contributed by atoms with Gasteiger partial charge < -0.3 is 4.74 Å². The monoisotopic (exact) mass is 403 g/mol. The van der Waals surface area contributed by atoms with E-state index >= 15 is 0 Å². The molecule has 0 bridgehead atoms. The van der Waals surface area contributed by atoms with Gasteiger partial charge in [-0.15, -0.1) is 0 Å². The minimum absolute atomic E-state index is 0.0723. The van der Waals surface area contributed by atoms with Crippen LogP contribution in [0.2, 0.25) is 5.02 Å². The van der Waals surface area contributed by atoms with E-state index in [1.54, 1.807) is 44.2 Å². The Hall–Kier alpha value is -1.24. The molecule has 1 N–H and O–H groups in total. The fraction of sp³-hybridized carbons (Fsp3) is 0.200. The van der Waals surface area contributed by atoms with E-state index in [-0.39, 0.29) is 4.90 Å². The molecule has 0 unspecified atom stereocenters. The van der Waals surface area contributed by atoms with E-state index in [9.17, 15) is 8.42 Å². The molecule has 0 aromatic heterocycles. The summed E-state index contributed by atoms with van der Waals surface area (Å²) < 4.78 is 33.9. The second-order valence-corrected chi connectivity index (χ2v) is 7.59. The van der Waals surface area contributed by atoms with Crippen molar-refractivity contribution >= 4 is 43.2 Å². The van der Waals surface area contributed by atoms with Crippen LogP contribution in [0.25, 0.3) is 0 Å². The van der Waals surface area contributed by atoms with Crippen LogP contribution in [0.1, 0.15) is 12.5 Å². The third-order valence-corrected chi connectivity index (χ3v) is 5.05. The van der Waals surface area contributed by atoms with Crippen LogP contribution in [0.5, 0.6) is 5.75 Å². The largest absolute Gasteiger partial charge is 0.492 e. The second kappa shape index (κ2) is 6.89. The fourth-order valence-electron chi connectivity index (χ4n) is 1.87. The molecule has 0 heterocycles. The van der Waals surface area contributed by atoms with E-state index in [1.165, 1.54) is 6.07 Å². The highest BCUT2D eigenvalue weighted by Gasteiger charge is 2.21. The predicted molar refractivity (Wildman–Crippen MR) is 92.3 cm³/mol. The van der Waals surface area contributed by atoms with E-state index in [2.05, 4.69) is 20.7 Å². The van der Waals surface area contributed by atoms with E-state index in [1.807, 2.05) is 0 Å². The Bertz CT molecular complexity index is 793. The highest BCUT2D eigenvalue weighted by atomic mass is 79.9. The van der Waals surface area contributed by atoms with Crippen LogP contribution in [-0.4, -0.2) is 15.0 Å². The van der Waals surface area contributed by atoms with Crippen molar-refractivity contribution < 1.29 is 13.2 Å². The Balaban J connectivity index is 2.46. The zero-order valence-electron chi connectivity index (χ0n) is 12.1. The van der Waals surface area contributed by atoms with Crippen molar-refractivity contribution in [1.29, 1.82) is 0 Å². The number of ether oxygens (including phenoxy) is 1. The van der Waals surface area contributed by atoms with Gasteiger partial charge in [-0.1, -0.05) is 33.6 Å². The molecule has 0 atom stereocenters. The van der Waals surface area contributed by atoms with Gasteiger partial charge in [-0.25, -0.2) is 8.42 Å². The van der Waals surface area contributed by atoms with Gasteiger partial charge in [0.15, 0.2) is 0 Å². The van der Waals surface area contributed by atoms with Crippen LogP contribution in [0, 0.1) is 6.92 Å². The number of hydrogen-bond donors (Lipinski definition) is 1. The predicted octanol–water partition coefficient (Wildman–Crippen LogP) is 4.61. The average Bonchev–Trinajstić information content (AvgIpc) is 2.45. The Morgan fingerprint density at radius 2 is 1.95 bits per heavy atom. The minimum atomic E-state index is -3.79. The van der Waals surface area contributed by atoms with Crippen LogP contribution in [0.3, 0.4) is 0 Å². The Morgan fingerprint density at radius 3 is 2.64 bits per heavy atom. The average molecular weight is 405 g/mol. The maximum atomic E-state index is 12.7. The van der Waals surface area contributed by atoms with Crippen molar-refractivity contribution in [2.45, 2.75) is 18.7 Å². The number of anilines is 1. The molecule has 0 saturated carbocycles. The molecule has 2 aromatic rings. The van der Waals surface area contributed by atoms with Gasteiger partial charge in [0.2, 0.25) is 0 Å². The molecule has 0 fully saturated rings.